The summed E-state index contributed by atoms with van der Waals surface area (Å²) < 4.78 is 13.6. The Morgan fingerprint density at radius 1 is 1.21 bits per heavy atom. The number of benzene rings is 2. The molecule has 8 heteroatoms. The molecule has 2 aromatic carbocycles. The molecule has 0 aliphatic rings. The van der Waals surface area contributed by atoms with E-state index in [0.717, 1.165) is 6.07 Å². The fraction of sp³-hybridized carbons (Fsp3) is 0.125. The number of urea groups is 1. The van der Waals surface area contributed by atoms with Crippen molar-refractivity contribution >= 4 is 11.7 Å². The highest BCUT2D eigenvalue weighted by molar-refractivity contribution is 5.73. The van der Waals surface area contributed by atoms with Gasteiger partial charge in [-0.05, 0) is 23.8 Å². The number of rotatable bonds is 5. The zero-order valence-corrected chi connectivity index (χ0v) is 12.5. The van der Waals surface area contributed by atoms with Gasteiger partial charge in [0, 0.05) is 30.8 Å². The van der Waals surface area contributed by atoms with Gasteiger partial charge >= 0.3 is 6.03 Å². The number of hydrogen-bond acceptors (Lipinski definition) is 4. The third kappa shape index (κ3) is 4.51. The molecule has 122 valence electrons. The van der Waals surface area contributed by atoms with Gasteiger partial charge in [0.1, 0.15) is 5.82 Å². The summed E-state index contributed by atoms with van der Waals surface area (Å²) in [7, 11) is 0. The van der Waals surface area contributed by atoms with Gasteiger partial charge in [0.25, 0.3) is 5.69 Å². The van der Waals surface area contributed by atoms with Crippen molar-refractivity contribution < 1.29 is 14.1 Å². The maximum atomic E-state index is 13.6. The number of nitro benzene ring substituents is 1. The Labute approximate surface area is 136 Å². The number of hydrogen-bond donors (Lipinski definition) is 2. The highest BCUT2D eigenvalue weighted by Crippen LogP contribution is 2.13. The highest BCUT2D eigenvalue weighted by atomic mass is 19.1. The predicted octanol–water partition coefficient (Wildman–Crippen LogP) is 2.60. The van der Waals surface area contributed by atoms with Crippen molar-refractivity contribution in [3.63, 3.8) is 0 Å². The van der Waals surface area contributed by atoms with Gasteiger partial charge in [-0.3, -0.25) is 10.1 Å². The lowest BCUT2D eigenvalue weighted by atomic mass is 10.1. The van der Waals surface area contributed by atoms with Crippen LogP contribution < -0.4 is 10.6 Å². The van der Waals surface area contributed by atoms with Gasteiger partial charge in [-0.25, -0.2) is 9.18 Å². The number of carbonyl (C=O) groups excluding carboxylic acids is 1. The molecule has 0 aliphatic carbocycles. The third-order valence-corrected chi connectivity index (χ3v) is 3.19. The number of amides is 2. The molecule has 0 radical (unpaired) electrons. The predicted molar refractivity (Wildman–Crippen MR) is 83.3 cm³/mol. The average Bonchev–Trinajstić information content (AvgIpc) is 2.59. The third-order valence-electron chi connectivity index (χ3n) is 3.19. The van der Waals surface area contributed by atoms with Crippen LogP contribution in [-0.2, 0) is 13.1 Å². The molecular weight excluding hydrogens is 315 g/mol. The first-order valence-corrected chi connectivity index (χ1v) is 6.93. The minimum Gasteiger partial charge on any atom is -0.334 e. The van der Waals surface area contributed by atoms with E-state index in [0.29, 0.717) is 11.1 Å². The zero-order valence-electron chi connectivity index (χ0n) is 12.5. The molecule has 7 nitrogen and oxygen atoms in total. The van der Waals surface area contributed by atoms with Gasteiger partial charge in [0.15, 0.2) is 0 Å². The van der Waals surface area contributed by atoms with Crippen LogP contribution in [0.4, 0.5) is 14.9 Å². The molecule has 2 rings (SSSR count). The second kappa shape index (κ2) is 7.69. The van der Waals surface area contributed by atoms with E-state index in [1.165, 1.54) is 30.3 Å². The quantitative estimate of drug-likeness (QED) is 0.649. The van der Waals surface area contributed by atoms with Crippen LogP contribution >= 0.6 is 0 Å². The van der Waals surface area contributed by atoms with Crippen molar-refractivity contribution in [1.82, 2.24) is 10.6 Å². The molecule has 2 N–H and O–H groups in total. The number of non-ortho nitro benzene ring substituents is 1. The standard InChI is InChI=1S/C16H13FN4O3/c17-15-5-4-11(8-18)6-13(15)10-20-16(22)19-9-12-2-1-3-14(7-12)21(23)24/h1-7H,9-10H2,(H2,19,20,22). The Morgan fingerprint density at radius 2 is 1.96 bits per heavy atom. The van der Waals surface area contributed by atoms with E-state index < -0.39 is 16.8 Å². The lowest BCUT2D eigenvalue weighted by Gasteiger charge is -2.08. The second-order valence-corrected chi connectivity index (χ2v) is 4.88. The van der Waals surface area contributed by atoms with Crippen molar-refractivity contribution in [3.8, 4) is 6.07 Å². The van der Waals surface area contributed by atoms with Crippen molar-refractivity contribution in [2.24, 2.45) is 0 Å². The van der Waals surface area contributed by atoms with Crippen LogP contribution in [0.3, 0.4) is 0 Å². The number of halogens is 1. The molecule has 24 heavy (non-hydrogen) atoms. The van der Waals surface area contributed by atoms with Crippen LogP contribution in [0.15, 0.2) is 42.5 Å². The molecule has 0 atom stereocenters. The fourth-order valence-corrected chi connectivity index (χ4v) is 1.98. The second-order valence-electron chi connectivity index (χ2n) is 4.88. The largest absolute Gasteiger partial charge is 0.334 e. The van der Waals surface area contributed by atoms with Crippen molar-refractivity contribution in [1.29, 1.82) is 5.26 Å². The monoisotopic (exact) mass is 328 g/mol. The van der Waals surface area contributed by atoms with Crippen molar-refractivity contribution in [3.05, 3.63) is 75.1 Å². The topological polar surface area (TPSA) is 108 Å². The summed E-state index contributed by atoms with van der Waals surface area (Å²) in [5, 5.41) is 24.5. The molecule has 0 unspecified atom stereocenters. The Bertz CT molecular complexity index is 817. The van der Waals surface area contributed by atoms with E-state index in [9.17, 15) is 19.3 Å². The summed E-state index contributed by atoms with van der Waals surface area (Å²) in [5.74, 6) is -0.520. The molecule has 0 aliphatic heterocycles. The van der Waals surface area contributed by atoms with Crippen LogP contribution in [0, 0.1) is 27.3 Å². The van der Waals surface area contributed by atoms with Crippen LogP contribution in [-0.4, -0.2) is 11.0 Å². The van der Waals surface area contributed by atoms with Crippen LogP contribution in [0.1, 0.15) is 16.7 Å². The normalized spacial score (nSPS) is 9.83. The van der Waals surface area contributed by atoms with Crippen LogP contribution in [0.5, 0.6) is 0 Å². The summed E-state index contributed by atoms with van der Waals surface area (Å²) >= 11 is 0. The number of carbonyl (C=O) groups is 1. The maximum absolute atomic E-state index is 13.6. The first-order chi connectivity index (χ1) is 11.5. The number of nitro groups is 1. The van der Waals surface area contributed by atoms with E-state index in [1.807, 2.05) is 6.07 Å². The summed E-state index contributed by atoms with van der Waals surface area (Å²) in [4.78, 5) is 21.9. The van der Waals surface area contributed by atoms with Crippen LogP contribution in [0.25, 0.3) is 0 Å². The molecule has 0 fully saturated rings. The van der Waals surface area contributed by atoms with E-state index in [4.69, 9.17) is 5.26 Å². The molecule has 2 amide bonds. The Hall–Kier alpha value is -3.47. The zero-order chi connectivity index (χ0) is 17.5. The molecule has 0 saturated heterocycles. The molecule has 2 aromatic rings. The summed E-state index contributed by atoms with van der Waals surface area (Å²) in [5.41, 5.74) is 0.992. The maximum Gasteiger partial charge on any atom is 0.315 e. The van der Waals surface area contributed by atoms with Crippen molar-refractivity contribution in [2.75, 3.05) is 0 Å². The molecule has 0 saturated carbocycles. The van der Waals surface area contributed by atoms with E-state index in [2.05, 4.69) is 10.6 Å². The van der Waals surface area contributed by atoms with Gasteiger partial charge < -0.3 is 10.6 Å². The molecular formula is C16H13FN4O3. The van der Waals surface area contributed by atoms with Gasteiger partial charge in [0.2, 0.25) is 0 Å². The molecule has 0 spiro atoms. The molecule has 0 aromatic heterocycles. The van der Waals surface area contributed by atoms with Gasteiger partial charge in [0.05, 0.1) is 16.6 Å². The average molecular weight is 328 g/mol. The Kier molecular flexibility index (Phi) is 5.41. The lowest BCUT2D eigenvalue weighted by molar-refractivity contribution is -0.384. The van der Waals surface area contributed by atoms with Gasteiger partial charge in [-0.15, -0.1) is 0 Å². The molecule has 0 heterocycles. The number of nitriles is 1. The number of nitrogens with zero attached hydrogens (tertiary/aromatic N) is 2. The minimum absolute atomic E-state index is 0.0647. The van der Waals surface area contributed by atoms with Gasteiger partial charge in [-0.2, -0.15) is 5.26 Å². The lowest BCUT2D eigenvalue weighted by Crippen LogP contribution is -2.34. The smallest absolute Gasteiger partial charge is 0.315 e. The van der Waals surface area contributed by atoms with E-state index in [-0.39, 0.29) is 24.3 Å². The fourth-order valence-electron chi connectivity index (χ4n) is 1.98. The van der Waals surface area contributed by atoms with Crippen molar-refractivity contribution in [2.45, 2.75) is 13.1 Å². The summed E-state index contributed by atoms with van der Waals surface area (Å²) in [6.45, 7) is 0.0103. The summed E-state index contributed by atoms with van der Waals surface area (Å²) in [6, 6.07) is 11.1. The summed E-state index contributed by atoms with van der Waals surface area (Å²) in [6.07, 6.45) is 0. The minimum atomic E-state index is -0.553. The van der Waals surface area contributed by atoms with E-state index >= 15 is 0 Å². The number of nitrogens with one attached hydrogen (secondary N) is 2. The van der Waals surface area contributed by atoms with E-state index in [1.54, 1.807) is 6.07 Å². The molecule has 0 bridgehead atoms. The Balaban J connectivity index is 1.89. The highest BCUT2D eigenvalue weighted by Gasteiger charge is 2.08. The Morgan fingerprint density at radius 3 is 2.67 bits per heavy atom. The van der Waals surface area contributed by atoms with Crippen LogP contribution in [0.2, 0.25) is 0 Å². The van der Waals surface area contributed by atoms with Gasteiger partial charge in [-0.1, -0.05) is 12.1 Å². The SMILES string of the molecule is N#Cc1ccc(F)c(CNC(=O)NCc2cccc([N+](=O)[O-])c2)c1. The first kappa shape index (κ1) is 16.9. The first-order valence-electron chi connectivity index (χ1n) is 6.93.